The number of hydrogen-bond donors (Lipinski definition) is 1. The highest BCUT2D eigenvalue weighted by molar-refractivity contribution is 7.91. The summed E-state index contributed by atoms with van der Waals surface area (Å²) in [5, 5.41) is 3.07. The Bertz CT molecular complexity index is 748. The Balaban J connectivity index is 1.74. The molecule has 0 spiro atoms. The van der Waals surface area contributed by atoms with Crippen LogP contribution in [0.4, 0.5) is 0 Å². The van der Waals surface area contributed by atoms with E-state index in [2.05, 4.69) is 5.32 Å². The highest BCUT2D eigenvalue weighted by atomic mass is 32.2. The molecule has 0 aromatic heterocycles. The molecule has 1 fully saturated rings. The smallest absolute Gasteiger partial charge is 0.221 e. The zero-order valence-electron chi connectivity index (χ0n) is 13.4. The predicted octanol–water partition coefficient (Wildman–Crippen LogP) is 2.72. The molecule has 1 heterocycles. The number of carbonyl (C=O) groups excluding carboxylic acids is 1. The molecule has 1 amide bonds. The van der Waals surface area contributed by atoms with Gasteiger partial charge in [-0.25, -0.2) is 8.42 Å². The first-order valence-corrected chi connectivity index (χ1v) is 9.95. The van der Waals surface area contributed by atoms with E-state index in [-0.39, 0.29) is 35.8 Å². The number of hydrogen-bond acceptors (Lipinski definition) is 3. The average Bonchev–Trinajstić information content (AvgIpc) is 2.93. The SMILES string of the molecule is O=C(CC1CCS(=O)(=O)C1)NC(c1ccccc1)c1ccccc1. The van der Waals surface area contributed by atoms with Crippen LogP contribution in [-0.2, 0) is 14.6 Å². The molecule has 24 heavy (non-hydrogen) atoms. The first kappa shape index (κ1) is 16.7. The van der Waals surface area contributed by atoms with Gasteiger partial charge >= 0.3 is 0 Å². The van der Waals surface area contributed by atoms with Crippen LogP contribution in [0.3, 0.4) is 0 Å². The molecule has 126 valence electrons. The lowest BCUT2D eigenvalue weighted by Gasteiger charge is -2.20. The normalized spacial score (nSPS) is 19.3. The summed E-state index contributed by atoms with van der Waals surface area (Å²) in [6.45, 7) is 0. The Labute approximate surface area is 142 Å². The number of nitrogens with one attached hydrogen (secondary N) is 1. The molecular weight excluding hydrogens is 322 g/mol. The molecule has 1 atom stereocenters. The van der Waals surface area contributed by atoms with Crippen LogP contribution in [0.25, 0.3) is 0 Å². The number of carbonyl (C=O) groups is 1. The number of amides is 1. The topological polar surface area (TPSA) is 63.2 Å². The van der Waals surface area contributed by atoms with Crippen molar-refractivity contribution in [3.05, 3.63) is 71.8 Å². The van der Waals surface area contributed by atoms with Crippen molar-refractivity contribution >= 4 is 15.7 Å². The molecule has 2 aromatic carbocycles. The van der Waals surface area contributed by atoms with Gasteiger partial charge in [0.1, 0.15) is 0 Å². The van der Waals surface area contributed by atoms with Gasteiger partial charge in [0.15, 0.2) is 9.84 Å². The van der Waals surface area contributed by atoms with Crippen molar-refractivity contribution in [2.75, 3.05) is 11.5 Å². The second kappa shape index (κ2) is 7.18. The first-order valence-electron chi connectivity index (χ1n) is 8.13. The van der Waals surface area contributed by atoms with Crippen LogP contribution in [0, 0.1) is 5.92 Å². The number of rotatable bonds is 5. The van der Waals surface area contributed by atoms with E-state index in [4.69, 9.17) is 0 Å². The summed E-state index contributed by atoms with van der Waals surface area (Å²) in [5.74, 6) is 0.157. The largest absolute Gasteiger partial charge is 0.345 e. The van der Waals surface area contributed by atoms with Gasteiger partial charge in [0.2, 0.25) is 5.91 Å². The van der Waals surface area contributed by atoms with E-state index in [1.807, 2.05) is 60.7 Å². The third-order valence-corrected chi connectivity index (χ3v) is 6.21. The van der Waals surface area contributed by atoms with Crippen LogP contribution in [0.2, 0.25) is 0 Å². The van der Waals surface area contributed by atoms with E-state index in [0.717, 1.165) is 11.1 Å². The van der Waals surface area contributed by atoms with Crippen molar-refractivity contribution < 1.29 is 13.2 Å². The molecule has 0 radical (unpaired) electrons. The molecular formula is C19H21NO3S. The van der Waals surface area contributed by atoms with E-state index < -0.39 is 9.84 Å². The maximum absolute atomic E-state index is 12.5. The van der Waals surface area contributed by atoms with Crippen molar-refractivity contribution in [1.82, 2.24) is 5.32 Å². The molecule has 3 rings (SSSR count). The van der Waals surface area contributed by atoms with Gasteiger partial charge in [-0.05, 0) is 23.5 Å². The quantitative estimate of drug-likeness (QED) is 0.908. The zero-order chi connectivity index (χ0) is 17.0. The van der Waals surface area contributed by atoms with Crippen molar-refractivity contribution in [2.45, 2.75) is 18.9 Å². The second-order valence-electron chi connectivity index (χ2n) is 6.30. The minimum Gasteiger partial charge on any atom is -0.345 e. The van der Waals surface area contributed by atoms with Gasteiger partial charge in [-0.1, -0.05) is 60.7 Å². The van der Waals surface area contributed by atoms with Gasteiger partial charge in [0.25, 0.3) is 0 Å². The summed E-state index contributed by atoms with van der Waals surface area (Å²) in [6.07, 6.45) is 0.840. The van der Waals surface area contributed by atoms with Crippen LogP contribution in [0.15, 0.2) is 60.7 Å². The van der Waals surface area contributed by atoms with E-state index in [9.17, 15) is 13.2 Å². The van der Waals surface area contributed by atoms with Gasteiger partial charge in [0, 0.05) is 6.42 Å². The molecule has 1 aliphatic rings. The summed E-state index contributed by atoms with van der Waals surface area (Å²) >= 11 is 0. The van der Waals surface area contributed by atoms with Crippen LogP contribution in [0.1, 0.15) is 30.0 Å². The summed E-state index contributed by atoms with van der Waals surface area (Å²) in [6, 6.07) is 19.4. The molecule has 1 saturated heterocycles. The van der Waals surface area contributed by atoms with Crippen molar-refractivity contribution in [2.24, 2.45) is 5.92 Å². The molecule has 1 N–H and O–H groups in total. The van der Waals surface area contributed by atoms with E-state index in [1.165, 1.54) is 0 Å². The minimum absolute atomic E-state index is 0.0674. The maximum atomic E-state index is 12.5. The summed E-state index contributed by atoms with van der Waals surface area (Å²) in [4.78, 5) is 12.5. The molecule has 5 heteroatoms. The second-order valence-corrected chi connectivity index (χ2v) is 8.52. The predicted molar refractivity (Wildman–Crippen MR) is 94.2 cm³/mol. The van der Waals surface area contributed by atoms with Crippen LogP contribution in [-0.4, -0.2) is 25.8 Å². The first-order chi connectivity index (χ1) is 11.5. The Kier molecular flexibility index (Phi) is 5.00. The van der Waals surface area contributed by atoms with Crippen LogP contribution < -0.4 is 5.32 Å². The lowest BCUT2D eigenvalue weighted by molar-refractivity contribution is -0.122. The molecule has 0 bridgehead atoms. The third-order valence-electron chi connectivity index (χ3n) is 4.37. The summed E-state index contributed by atoms with van der Waals surface area (Å²) in [7, 11) is -2.95. The van der Waals surface area contributed by atoms with Gasteiger partial charge in [-0.3, -0.25) is 4.79 Å². The van der Waals surface area contributed by atoms with Crippen LogP contribution in [0.5, 0.6) is 0 Å². The summed E-state index contributed by atoms with van der Waals surface area (Å²) < 4.78 is 23.1. The fourth-order valence-corrected chi connectivity index (χ4v) is 5.03. The van der Waals surface area contributed by atoms with E-state index in [1.54, 1.807) is 0 Å². The average molecular weight is 343 g/mol. The minimum atomic E-state index is -2.95. The molecule has 1 aliphatic heterocycles. The standard InChI is InChI=1S/C19H21NO3S/c21-18(13-15-11-12-24(22,23)14-15)20-19(16-7-3-1-4-8-16)17-9-5-2-6-10-17/h1-10,15,19H,11-14H2,(H,20,21). The van der Waals surface area contributed by atoms with Gasteiger partial charge in [-0.15, -0.1) is 0 Å². The molecule has 0 saturated carbocycles. The number of sulfone groups is 1. The third kappa shape index (κ3) is 4.23. The van der Waals surface area contributed by atoms with Gasteiger partial charge in [-0.2, -0.15) is 0 Å². The van der Waals surface area contributed by atoms with Crippen molar-refractivity contribution in [3.8, 4) is 0 Å². The Morgan fingerprint density at radius 2 is 1.54 bits per heavy atom. The van der Waals surface area contributed by atoms with Gasteiger partial charge < -0.3 is 5.32 Å². The van der Waals surface area contributed by atoms with E-state index in [0.29, 0.717) is 6.42 Å². The number of benzene rings is 2. The lowest BCUT2D eigenvalue weighted by atomic mass is 9.97. The van der Waals surface area contributed by atoms with E-state index >= 15 is 0 Å². The monoisotopic (exact) mass is 343 g/mol. The molecule has 2 aromatic rings. The fraction of sp³-hybridized carbons (Fsp3) is 0.316. The molecule has 0 aliphatic carbocycles. The lowest BCUT2D eigenvalue weighted by Crippen LogP contribution is -2.31. The molecule has 4 nitrogen and oxygen atoms in total. The van der Waals surface area contributed by atoms with Crippen molar-refractivity contribution in [1.29, 1.82) is 0 Å². The maximum Gasteiger partial charge on any atom is 0.221 e. The van der Waals surface area contributed by atoms with Gasteiger partial charge in [0.05, 0.1) is 17.5 Å². The Morgan fingerprint density at radius 3 is 2.00 bits per heavy atom. The summed E-state index contributed by atoms with van der Waals surface area (Å²) in [5.41, 5.74) is 2.02. The Hall–Kier alpha value is -2.14. The van der Waals surface area contributed by atoms with Crippen LogP contribution >= 0.6 is 0 Å². The highest BCUT2D eigenvalue weighted by Crippen LogP contribution is 2.24. The zero-order valence-corrected chi connectivity index (χ0v) is 14.2. The highest BCUT2D eigenvalue weighted by Gasteiger charge is 2.30. The fourth-order valence-electron chi connectivity index (χ4n) is 3.17. The Morgan fingerprint density at radius 1 is 1.00 bits per heavy atom. The van der Waals surface area contributed by atoms with Crippen molar-refractivity contribution in [3.63, 3.8) is 0 Å². The molecule has 1 unspecified atom stereocenters.